The number of alkyl halides is 1. The molecule has 1 aliphatic carbocycles. The number of carbonyl (C=O) groups excluding carboxylic acids is 1. The van der Waals surface area contributed by atoms with Crippen molar-refractivity contribution in [3.63, 3.8) is 0 Å². The molecule has 2 rings (SSSR count). The van der Waals surface area contributed by atoms with Gasteiger partial charge < -0.3 is 10.3 Å². The Labute approximate surface area is 91.9 Å². The summed E-state index contributed by atoms with van der Waals surface area (Å²) in [4.78, 5) is 24.9. The van der Waals surface area contributed by atoms with Crippen LogP contribution >= 0.6 is 0 Å². The first-order valence-corrected chi connectivity index (χ1v) is 5.29. The van der Waals surface area contributed by atoms with Crippen molar-refractivity contribution < 1.29 is 9.18 Å². The molecule has 2 N–H and O–H groups in total. The van der Waals surface area contributed by atoms with Gasteiger partial charge in [0.2, 0.25) is 5.56 Å². The van der Waals surface area contributed by atoms with Crippen molar-refractivity contribution in [3.8, 4) is 0 Å². The Morgan fingerprint density at radius 1 is 1.44 bits per heavy atom. The molecule has 1 aromatic rings. The summed E-state index contributed by atoms with van der Waals surface area (Å²) in [5.74, 6) is -0.268. The molecule has 0 aromatic carbocycles. The van der Waals surface area contributed by atoms with E-state index in [9.17, 15) is 14.0 Å². The second-order valence-corrected chi connectivity index (χ2v) is 4.02. The van der Waals surface area contributed by atoms with Crippen LogP contribution in [-0.4, -0.2) is 23.1 Å². The normalized spacial score (nSPS) is 24.3. The Balaban J connectivity index is 1.98. The lowest BCUT2D eigenvalue weighted by molar-refractivity contribution is 0.0936. The second kappa shape index (κ2) is 4.47. The number of aromatic nitrogens is 1. The Kier molecular flexibility index (Phi) is 3.03. The topological polar surface area (TPSA) is 62.0 Å². The van der Waals surface area contributed by atoms with Crippen LogP contribution in [0.1, 0.15) is 29.6 Å². The first-order valence-electron chi connectivity index (χ1n) is 5.29. The number of carbonyl (C=O) groups is 1. The van der Waals surface area contributed by atoms with E-state index in [0.29, 0.717) is 24.8 Å². The molecule has 5 heteroatoms. The van der Waals surface area contributed by atoms with Gasteiger partial charge in [-0.25, -0.2) is 4.39 Å². The van der Waals surface area contributed by atoms with Crippen molar-refractivity contribution in [2.45, 2.75) is 31.5 Å². The summed E-state index contributed by atoms with van der Waals surface area (Å²) in [5, 5.41) is 2.74. The van der Waals surface area contributed by atoms with E-state index in [1.807, 2.05) is 0 Å². The third-order valence-corrected chi connectivity index (χ3v) is 2.75. The van der Waals surface area contributed by atoms with Crippen molar-refractivity contribution in [3.05, 3.63) is 34.2 Å². The summed E-state index contributed by atoms with van der Waals surface area (Å²) >= 11 is 0. The van der Waals surface area contributed by atoms with Crippen molar-refractivity contribution >= 4 is 5.91 Å². The highest BCUT2D eigenvalue weighted by Crippen LogP contribution is 2.21. The van der Waals surface area contributed by atoms with Gasteiger partial charge in [0.05, 0.1) is 5.56 Å². The van der Waals surface area contributed by atoms with Gasteiger partial charge in [0.15, 0.2) is 0 Å². The van der Waals surface area contributed by atoms with Crippen molar-refractivity contribution in [1.82, 2.24) is 10.3 Å². The van der Waals surface area contributed by atoms with Crippen molar-refractivity contribution in [2.24, 2.45) is 0 Å². The zero-order chi connectivity index (χ0) is 11.5. The molecule has 0 spiro atoms. The van der Waals surface area contributed by atoms with E-state index in [0.717, 1.165) is 0 Å². The molecule has 1 heterocycles. The summed E-state index contributed by atoms with van der Waals surface area (Å²) in [6.07, 6.45) is 2.13. The molecule has 1 saturated carbocycles. The van der Waals surface area contributed by atoms with Crippen molar-refractivity contribution in [2.75, 3.05) is 0 Å². The Bertz CT molecular complexity index is 423. The number of nitrogens with one attached hydrogen (secondary N) is 2. The molecule has 86 valence electrons. The first-order chi connectivity index (χ1) is 7.65. The van der Waals surface area contributed by atoms with Gasteiger partial charge in [0, 0.05) is 18.3 Å². The molecule has 4 nitrogen and oxygen atoms in total. The molecule has 0 saturated heterocycles. The fraction of sp³-hybridized carbons (Fsp3) is 0.455. The number of amides is 1. The zero-order valence-electron chi connectivity index (χ0n) is 8.70. The quantitative estimate of drug-likeness (QED) is 0.787. The first kappa shape index (κ1) is 10.9. The van der Waals surface area contributed by atoms with E-state index in [-0.39, 0.29) is 17.5 Å². The van der Waals surface area contributed by atoms with Crippen LogP contribution in [0.3, 0.4) is 0 Å². The zero-order valence-corrected chi connectivity index (χ0v) is 8.70. The lowest BCUT2D eigenvalue weighted by Crippen LogP contribution is -2.33. The number of pyridine rings is 1. The van der Waals surface area contributed by atoms with Crippen LogP contribution < -0.4 is 10.9 Å². The maximum absolute atomic E-state index is 12.9. The Morgan fingerprint density at radius 2 is 2.25 bits per heavy atom. The summed E-state index contributed by atoms with van der Waals surface area (Å²) in [7, 11) is 0. The van der Waals surface area contributed by atoms with Gasteiger partial charge in [-0.3, -0.25) is 9.59 Å². The van der Waals surface area contributed by atoms with Gasteiger partial charge in [0.1, 0.15) is 6.17 Å². The Morgan fingerprint density at radius 3 is 2.81 bits per heavy atom. The summed E-state index contributed by atoms with van der Waals surface area (Å²) in [6, 6.07) is 2.66. The van der Waals surface area contributed by atoms with E-state index in [1.165, 1.54) is 18.3 Å². The fourth-order valence-corrected chi connectivity index (χ4v) is 1.88. The van der Waals surface area contributed by atoms with Gasteiger partial charge >= 0.3 is 0 Å². The smallest absolute Gasteiger partial charge is 0.252 e. The van der Waals surface area contributed by atoms with E-state index >= 15 is 0 Å². The van der Waals surface area contributed by atoms with Crippen LogP contribution in [0.5, 0.6) is 0 Å². The van der Waals surface area contributed by atoms with Gasteiger partial charge in [0.25, 0.3) is 5.91 Å². The fourth-order valence-electron chi connectivity index (χ4n) is 1.88. The number of hydrogen-bond acceptors (Lipinski definition) is 2. The highest BCUT2D eigenvalue weighted by molar-refractivity contribution is 5.94. The minimum atomic E-state index is -0.805. The summed E-state index contributed by atoms with van der Waals surface area (Å²) in [6.45, 7) is 0. The number of hydrogen-bond donors (Lipinski definition) is 2. The van der Waals surface area contributed by atoms with E-state index in [4.69, 9.17) is 0 Å². The molecule has 0 aliphatic heterocycles. The molecule has 16 heavy (non-hydrogen) atoms. The van der Waals surface area contributed by atoms with Gasteiger partial charge in [-0.05, 0) is 25.3 Å². The lowest BCUT2D eigenvalue weighted by Gasteiger charge is -2.11. The van der Waals surface area contributed by atoms with Crippen LogP contribution in [0.2, 0.25) is 0 Å². The number of H-pyrrole nitrogens is 1. The van der Waals surface area contributed by atoms with E-state index in [1.54, 1.807) is 0 Å². The lowest BCUT2D eigenvalue weighted by atomic mass is 10.2. The van der Waals surface area contributed by atoms with Gasteiger partial charge in [-0.1, -0.05) is 0 Å². The molecule has 0 radical (unpaired) electrons. The molecular formula is C11H13FN2O2. The van der Waals surface area contributed by atoms with Crippen LogP contribution in [0, 0.1) is 0 Å². The SMILES string of the molecule is O=C(N[C@H]1CC[C@H](F)C1)c1ccc(=O)[nH]c1. The van der Waals surface area contributed by atoms with Gasteiger partial charge in [-0.2, -0.15) is 0 Å². The number of aromatic amines is 1. The minimum Gasteiger partial charge on any atom is -0.349 e. The summed E-state index contributed by atoms with van der Waals surface area (Å²) < 4.78 is 12.9. The van der Waals surface area contributed by atoms with Gasteiger partial charge in [-0.15, -0.1) is 0 Å². The average Bonchev–Trinajstić information content (AvgIpc) is 2.65. The van der Waals surface area contributed by atoms with E-state index < -0.39 is 6.17 Å². The van der Waals surface area contributed by atoms with Crippen LogP contribution in [0.4, 0.5) is 4.39 Å². The second-order valence-electron chi connectivity index (χ2n) is 4.02. The molecule has 2 atom stereocenters. The maximum atomic E-state index is 12.9. The molecule has 1 amide bonds. The third kappa shape index (κ3) is 2.48. The molecule has 0 bridgehead atoms. The predicted molar refractivity (Wildman–Crippen MR) is 57.1 cm³/mol. The summed E-state index contributed by atoms with van der Waals surface area (Å²) in [5.41, 5.74) is 0.142. The highest BCUT2D eigenvalue weighted by Gasteiger charge is 2.25. The number of halogens is 1. The predicted octanol–water partition coefficient (Wildman–Crippen LogP) is 0.995. The van der Waals surface area contributed by atoms with Crippen molar-refractivity contribution in [1.29, 1.82) is 0 Å². The standard InChI is InChI=1S/C11H13FN2O2/c12-8-2-3-9(5-8)14-11(16)7-1-4-10(15)13-6-7/h1,4,6,8-9H,2-3,5H2,(H,13,15)(H,14,16)/t8-,9-/m0/s1. The third-order valence-electron chi connectivity index (χ3n) is 2.75. The largest absolute Gasteiger partial charge is 0.349 e. The Hall–Kier alpha value is -1.65. The van der Waals surface area contributed by atoms with Crippen LogP contribution in [-0.2, 0) is 0 Å². The number of rotatable bonds is 2. The monoisotopic (exact) mass is 224 g/mol. The van der Waals surface area contributed by atoms with Crippen LogP contribution in [0.15, 0.2) is 23.1 Å². The molecule has 1 fully saturated rings. The molecule has 1 aliphatic rings. The molecule has 0 unspecified atom stereocenters. The minimum absolute atomic E-state index is 0.0885. The van der Waals surface area contributed by atoms with Crippen LogP contribution in [0.25, 0.3) is 0 Å². The highest BCUT2D eigenvalue weighted by atomic mass is 19.1. The maximum Gasteiger partial charge on any atom is 0.252 e. The average molecular weight is 224 g/mol. The van der Waals surface area contributed by atoms with E-state index in [2.05, 4.69) is 10.3 Å². The molecular weight excluding hydrogens is 211 g/mol. The molecule has 1 aromatic heterocycles.